The smallest absolute Gasteiger partial charge is 0.414 e. The SMILES string of the molecule is Cn1c(=O)oc2c(c1=O)CC(C)(C)C2. The Kier molecular flexibility index (Phi) is 1.71. The second kappa shape index (κ2) is 2.59. The Morgan fingerprint density at radius 1 is 1.29 bits per heavy atom. The van der Waals surface area contributed by atoms with E-state index in [-0.39, 0.29) is 11.0 Å². The highest BCUT2D eigenvalue weighted by Crippen LogP contribution is 2.33. The monoisotopic (exact) mass is 195 g/mol. The highest BCUT2D eigenvalue weighted by Gasteiger charge is 2.33. The van der Waals surface area contributed by atoms with Gasteiger partial charge in [-0.2, -0.15) is 0 Å². The van der Waals surface area contributed by atoms with Gasteiger partial charge >= 0.3 is 5.76 Å². The van der Waals surface area contributed by atoms with Crippen LogP contribution in [0.15, 0.2) is 14.0 Å². The maximum absolute atomic E-state index is 11.7. The Hall–Kier alpha value is -1.32. The average molecular weight is 195 g/mol. The van der Waals surface area contributed by atoms with Crippen molar-refractivity contribution in [2.24, 2.45) is 12.5 Å². The lowest BCUT2D eigenvalue weighted by Gasteiger charge is -2.13. The quantitative estimate of drug-likeness (QED) is 0.604. The van der Waals surface area contributed by atoms with Gasteiger partial charge in [-0.05, 0) is 11.8 Å². The Balaban J connectivity index is 2.71. The van der Waals surface area contributed by atoms with E-state index in [0.29, 0.717) is 24.2 Å². The molecule has 0 saturated heterocycles. The van der Waals surface area contributed by atoms with E-state index in [9.17, 15) is 9.59 Å². The lowest BCUT2D eigenvalue weighted by molar-refractivity contribution is 0.352. The van der Waals surface area contributed by atoms with Gasteiger partial charge in [0, 0.05) is 13.5 Å². The number of hydrogen-bond acceptors (Lipinski definition) is 3. The van der Waals surface area contributed by atoms with Crippen LogP contribution in [0.2, 0.25) is 0 Å². The summed E-state index contributed by atoms with van der Waals surface area (Å²) < 4.78 is 6.10. The molecule has 4 heteroatoms. The first-order valence-electron chi connectivity index (χ1n) is 4.63. The van der Waals surface area contributed by atoms with E-state index in [0.717, 1.165) is 4.57 Å². The summed E-state index contributed by atoms with van der Waals surface area (Å²) in [7, 11) is 1.44. The molecule has 1 aliphatic carbocycles. The van der Waals surface area contributed by atoms with Gasteiger partial charge in [0.05, 0.1) is 5.56 Å². The van der Waals surface area contributed by atoms with Crippen molar-refractivity contribution in [2.45, 2.75) is 26.7 Å². The summed E-state index contributed by atoms with van der Waals surface area (Å²) in [5.74, 6) is 0.00884. The van der Waals surface area contributed by atoms with Crippen molar-refractivity contribution >= 4 is 0 Å². The van der Waals surface area contributed by atoms with E-state index in [4.69, 9.17) is 4.42 Å². The first kappa shape index (κ1) is 9.24. The maximum atomic E-state index is 11.7. The normalized spacial score (nSPS) is 18.2. The predicted octanol–water partition coefficient (Wildman–Crippen LogP) is 0.463. The summed E-state index contributed by atoms with van der Waals surface area (Å²) >= 11 is 0. The Morgan fingerprint density at radius 2 is 1.93 bits per heavy atom. The summed E-state index contributed by atoms with van der Waals surface area (Å²) in [6.45, 7) is 4.12. The largest absolute Gasteiger partial charge is 0.421 e. The molecule has 0 unspecified atom stereocenters. The van der Waals surface area contributed by atoms with E-state index >= 15 is 0 Å². The third-order valence-electron chi connectivity index (χ3n) is 2.68. The van der Waals surface area contributed by atoms with E-state index in [2.05, 4.69) is 13.8 Å². The van der Waals surface area contributed by atoms with Crippen LogP contribution in [0.25, 0.3) is 0 Å². The van der Waals surface area contributed by atoms with Gasteiger partial charge in [-0.3, -0.25) is 4.79 Å². The van der Waals surface area contributed by atoms with Gasteiger partial charge in [0.25, 0.3) is 5.56 Å². The first-order valence-corrected chi connectivity index (χ1v) is 4.63. The van der Waals surface area contributed by atoms with Crippen LogP contribution in [0, 0.1) is 5.41 Å². The van der Waals surface area contributed by atoms with Crippen molar-refractivity contribution in [1.29, 1.82) is 0 Å². The van der Waals surface area contributed by atoms with Crippen LogP contribution in [-0.4, -0.2) is 4.57 Å². The summed E-state index contributed by atoms with van der Waals surface area (Å²) in [4.78, 5) is 22.9. The van der Waals surface area contributed by atoms with Crippen LogP contribution in [0.4, 0.5) is 0 Å². The van der Waals surface area contributed by atoms with Crippen LogP contribution < -0.4 is 11.3 Å². The standard InChI is InChI=1S/C10H13NO3/c1-10(2)4-6-7(5-10)14-9(13)11(3)8(6)12/h4-5H2,1-3H3. The van der Waals surface area contributed by atoms with Crippen molar-refractivity contribution in [2.75, 3.05) is 0 Å². The molecular formula is C10H13NO3. The van der Waals surface area contributed by atoms with Gasteiger partial charge in [0.1, 0.15) is 5.76 Å². The summed E-state index contributed by atoms with van der Waals surface area (Å²) in [6.07, 6.45) is 1.37. The van der Waals surface area contributed by atoms with Gasteiger partial charge in [-0.1, -0.05) is 13.8 Å². The van der Waals surface area contributed by atoms with E-state index in [1.54, 1.807) is 0 Å². The molecule has 4 nitrogen and oxygen atoms in total. The summed E-state index contributed by atoms with van der Waals surface area (Å²) in [5.41, 5.74) is 0.491. The fourth-order valence-corrected chi connectivity index (χ4v) is 1.93. The van der Waals surface area contributed by atoms with Gasteiger partial charge < -0.3 is 4.42 Å². The second-order valence-electron chi connectivity index (χ2n) is 4.65. The molecule has 76 valence electrons. The fraction of sp³-hybridized carbons (Fsp3) is 0.600. The number of nitrogens with zero attached hydrogens (tertiary/aromatic N) is 1. The molecule has 1 heterocycles. The minimum atomic E-state index is -0.563. The molecule has 0 saturated carbocycles. The van der Waals surface area contributed by atoms with Crippen LogP contribution in [0.1, 0.15) is 25.2 Å². The zero-order valence-corrected chi connectivity index (χ0v) is 8.59. The Morgan fingerprint density at radius 3 is 2.57 bits per heavy atom. The molecule has 1 aromatic rings. The number of hydrogen-bond donors (Lipinski definition) is 0. The topological polar surface area (TPSA) is 52.2 Å². The van der Waals surface area contributed by atoms with E-state index < -0.39 is 5.76 Å². The van der Waals surface area contributed by atoms with Crippen molar-refractivity contribution in [3.8, 4) is 0 Å². The number of aromatic nitrogens is 1. The zero-order chi connectivity index (χ0) is 10.5. The van der Waals surface area contributed by atoms with Gasteiger partial charge in [-0.25, -0.2) is 9.36 Å². The average Bonchev–Trinajstić information content (AvgIpc) is 2.37. The van der Waals surface area contributed by atoms with Crippen LogP contribution in [-0.2, 0) is 19.9 Å². The molecule has 2 rings (SSSR count). The molecule has 1 aromatic heterocycles. The van der Waals surface area contributed by atoms with Crippen LogP contribution >= 0.6 is 0 Å². The molecular weight excluding hydrogens is 182 g/mol. The van der Waals surface area contributed by atoms with Gasteiger partial charge in [0.15, 0.2) is 0 Å². The molecule has 0 fully saturated rings. The first-order chi connectivity index (χ1) is 6.41. The van der Waals surface area contributed by atoms with Crippen molar-refractivity contribution < 1.29 is 4.42 Å². The Bertz CT molecular complexity index is 493. The lowest BCUT2D eigenvalue weighted by atomic mass is 9.91. The fourth-order valence-electron chi connectivity index (χ4n) is 1.93. The molecule has 0 atom stereocenters. The molecule has 0 bridgehead atoms. The van der Waals surface area contributed by atoms with E-state index in [1.165, 1.54) is 7.05 Å². The summed E-state index contributed by atoms with van der Waals surface area (Å²) in [5, 5.41) is 0. The van der Waals surface area contributed by atoms with Gasteiger partial charge in [0.2, 0.25) is 0 Å². The lowest BCUT2D eigenvalue weighted by Crippen LogP contribution is -2.32. The third-order valence-corrected chi connectivity index (χ3v) is 2.68. The minimum absolute atomic E-state index is 0.0335. The van der Waals surface area contributed by atoms with Crippen molar-refractivity contribution in [3.63, 3.8) is 0 Å². The highest BCUT2D eigenvalue weighted by atomic mass is 16.4. The maximum Gasteiger partial charge on any atom is 0.421 e. The van der Waals surface area contributed by atoms with Crippen molar-refractivity contribution in [3.05, 3.63) is 32.2 Å². The Labute approximate surface area is 81.2 Å². The number of fused-ring (bicyclic) bond motifs is 1. The molecule has 0 N–H and O–H groups in total. The molecule has 1 aliphatic rings. The predicted molar refractivity (Wildman–Crippen MR) is 51.4 cm³/mol. The van der Waals surface area contributed by atoms with Crippen LogP contribution in [0.5, 0.6) is 0 Å². The molecule has 0 aromatic carbocycles. The number of rotatable bonds is 0. The third kappa shape index (κ3) is 1.22. The minimum Gasteiger partial charge on any atom is -0.414 e. The summed E-state index contributed by atoms with van der Waals surface area (Å²) in [6, 6.07) is 0. The molecule has 0 spiro atoms. The molecule has 0 radical (unpaired) electrons. The van der Waals surface area contributed by atoms with E-state index in [1.807, 2.05) is 0 Å². The van der Waals surface area contributed by atoms with Gasteiger partial charge in [-0.15, -0.1) is 0 Å². The van der Waals surface area contributed by atoms with Crippen LogP contribution in [0.3, 0.4) is 0 Å². The molecule has 0 aliphatic heterocycles. The second-order valence-corrected chi connectivity index (χ2v) is 4.65. The molecule has 0 amide bonds. The molecule has 14 heavy (non-hydrogen) atoms. The van der Waals surface area contributed by atoms with Crippen molar-refractivity contribution in [1.82, 2.24) is 4.57 Å². The zero-order valence-electron chi connectivity index (χ0n) is 8.59. The highest BCUT2D eigenvalue weighted by molar-refractivity contribution is 5.23.